The second kappa shape index (κ2) is 6.10. The molecular formula is C15H17N5O2. The van der Waals surface area contributed by atoms with Gasteiger partial charge in [-0.2, -0.15) is 5.26 Å². The highest BCUT2D eigenvalue weighted by Gasteiger charge is 2.36. The van der Waals surface area contributed by atoms with Crippen LogP contribution in [0.4, 0.5) is 5.82 Å². The molecule has 2 aliphatic rings. The quantitative estimate of drug-likeness (QED) is 0.842. The van der Waals surface area contributed by atoms with E-state index in [0.717, 1.165) is 25.7 Å². The maximum atomic E-state index is 11.8. The summed E-state index contributed by atoms with van der Waals surface area (Å²) < 4.78 is 0. The van der Waals surface area contributed by atoms with Crippen LogP contribution in [0.1, 0.15) is 44.2 Å². The number of hydrogen-bond acceptors (Lipinski definition) is 6. The average Bonchev–Trinajstić information content (AvgIpc) is 2.88. The second-order valence-electron chi connectivity index (χ2n) is 5.67. The largest absolute Gasteiger partial charge is 0.365 e. The van der Waals surface area contributed by atoms with Crippen LogP contribution < -0.4 is 5.32 Å². The van der Waals surface area contributed by atoms with E-state index in [9.17, 15) is 9.59 Å². The van der Waals surface area contributed by atoms with Crippen LogP contribution in [0, 0.1) is 11.3 Å². The van der Waals surface area contributed by atoms with Gasteiger partial charge in [0.05, 0.1) is 0 Å². The number of likely N-dealkylation sites (tertiary alicyclic amines) is 1. The third kappa shape index (κ3) is 2.77. The summed E-state index contributed by atoms with van der Waals surface area (Å²) in [6.45, 7) is 0. The molecule has 0 aromatic carbocycles. The van der Waals surface area contributed by atoms with Crippen LogP contribution in [0.25, 0.3) is 0 Å². The Kier molecular flexibility index (Phi) is 4.00. The molecule has 0 atom stereocenters. The Bertz CT molecular complexity index is 615. The topological polar surface area (TPSA) is 99.0 Å². The molecule has 1 aromatic rings. The van der Waals surface area contributed by atoms with Crippen molar-refractivity contribution in [3.05, 3.63) is 18.1 Å². The number of amides is 2. The maximum absolute atomic E-state index is 11.8. The Morgan fingerprint density at radius 1 is 1.09 bits per heavy atom. The van der Waals surface area contributed by atoms with Crippen molar-refractivity contribution in [1.29, 1.82) is 5.26 Å². The third-order valence-electron chi connectivity index (χ3n) is 4.30. The van der Waals surface area contributed by atoms with Crippen molar-refractivity contribution in [2.45, 2.75) is 50.6 Å². The lowest BCUT2D eigenvalue weighted by molar-refractivity contribution is -0.141. The first-order valence-electron chi connectivity index (χ1n) is 7.51. The first kappa shape index (κ1) is 14.4. The number of nitriles is 1. The van der Waals surface area contributed by atoms with Crippen LogP contribution in [0.15, 0.2) is 12.4 Å². The Hall–Kier alpha value is -2.49. The van der Waals surface area contributed by atoms with Crippen molar-refractivity contribution in [2.75, 3.05) is 5.32 Å². The zero-order valence-electron chi connectivity index (χ0n) is 12.2. The van der Waals surface area contributed by atoms with Crippen molar-refractivity contribution >= 4 is 17.6 Å². The van der Waals surface area contributed by atoms with E-state index < -0.39 is 0 Å². The summed E-state index contributed by atoms with van der Waals surface area (Å²) in [5.41, 5.74) is 0.287. The van der Waals surface area contributed by atoms with E-state index in [0.29, 0.717) is 18.7 Å². The first-order chi connectivity index (χ1) is 10.7. The molecule has 7 nitrogen and oxygen atoms in total. The van der Waals surface area contributed by atoms with Crippen LogP contribution in [-0.2, 0) is 9.59 Å². The molecule has 1 aromatic heterocycles. The maximum Gasteiger partial charge on any atom is 0.229 e. The lowest BCUT2D eigenvalue weighted by atomic mass is 9.90. The summed E-state index contributed by atoms with van der Waals surface area (Å²) in [7, 11) is 0. The molecule has 1 saturated heterocycles. The minimum atomic E-state index is -0.0397. The van der Waals surface area contributed by atoms with Crippen LogP contribution in [0.3, 0.4) is 0 Å². The van der Waals surface area contributed by atoms with E-state index in [1.54, 1.807) is 6.20 Å². The monoisotopic (exact) mass is 299 g/mol. The summed E-state index contributed by atoms with van der Waals surface area (Å²) >= 11 is 0. The molecule has 2 heterocycles. The van der Waals surface area contributed by atoms with E-state index in [4.69, 9.17) is 5.26 Å². The predicted octanol–water partition coefficient (Wildman–Crippen LogP) is 1.22. The zero-order valence-corrected chi connectivity index (χ0v) is 12.2. The molecule has 0 spiro atoms. The van der Waals surface area contributed by atoms with Crippen molar-refractivity contribution < 1.29 is 9.59 Å². The molecule has 0 bridgehead atoms. The minimum absolute atomic E-state index is 0.0258. The van der Waals surface area contributed by atoms with Crippen LogP contribution in [0.5, 0.6) is 0 Å². The highest BCUT2D eigenvalue weighted by molar-refractivity contribution is 6.02. The number of hydrogen-bond donors (Lipinski definition) is 1. The van der Waals surface area contributed by atoms with Gasteiger partial charge in [-0.3, -0.25) is 14.5 Å². The molecule has 1 saturated carbocycles. The molecule has 1 aliphatic heterocycles. The van der Waals surface area contributed by atoms with E-state index >= 15 is 0 Å². The molecule has 3 rings (SSSR count). The predicted molar refractivity (Wildman–Crippen MR) is 77.5 cm³/mol. The number of aromatic nitrogens is 2. The fraction of sp³-hybridized carbons (Fsp3) is 0.533. The SMILES string of the molecule is N#Cc1nccnc1NC1CCC(N2C(=O)CCC2=O)CC1. The lowest BCUT2D eigenvalue weighted by Gasteiger charge is -2.34. The van der Waals surface area contributed by atoms with Crippen LogP contribution >= 0.6 is 0 Å². The van der Waals surface area contributed by atoms with Crippen LogP contribution in [-0.4, -0.2) is 38.8 Å². The van der Waals surface area contributed by atoms with Crippen molar-refractivity contribution in [3.8, 4) is 6.07 Å². The number of nitrogens with one attached hydrogen (secondary N) is 1. The number of nitrogens with zero attached hydrogens (tertiary/aromatic N) is 4. The Balaban J connectivity index is 1.59. The van der Waals surface area contributed by atoms with Crippen molar-refractivity contribution in [3.63, 3.8) is 0 Å². The molecule has 22 heavy (non-hydrogen) atoms. The Morgan fingerprint density at radius 3 is 2.36 bits per heavy atom. The standard InChI is InChI=1S/C15H17N5O2/c16-9-12-15(18-8-7-17-12)19-10-1-3-11(4-2-10)20-13(21)5-6-14(20)22/h7-8,10-11H,1-6H2,(H,18,19). The van der Waals surface area contributed by atoms with E-state index in [2.05, 4.69) is 15.3 Å². The van der Waals surface area contributed by atoms with Gasteiger partial charge in [-0.05, 0) is 25.7 Å². The number of anilines is 1. The molecule has 7 heteroatoms. The molecular weight excluding hydrogens is 282 g/mol. The van der Waals surface area contributed by atoms with Gasteiger partial charge in [0.1, 0.15) is 6.07 Å². The van der Waals surface area contributed by atoms with Gasteiger partial charge in [-0.1, -0.05) is 0 Å². The van der Waals surface area contributed by atoms with Gasteiger partial charge < -0.3 is 5.32 Å². The third-order valence-corrected chi connectivity index (χ3v) is 4.30. The van der Waals surface area contributed by atoms with Crippen molar-refractivity contribution in [1.82, 2.24) is 14.9 Å². The van der Waals surface area contributed by atoms with Gasteiger partial charge in [0.2, 0.25) is 11.8 Å². The molecule has 0 unspecified atom stereocenters. The highest BCUT2D eigenvalue weighted by Crippen LogP contribution is 2.28. The number of carbonyl (C=O) groups excluding carboxylic acids is 2. The fourth-order valence-electron chi connectivity index (χ4n) is 3.20. The summed E-state index contributed by atoms with van der Waals surface area (Å²) in [4.78, 5) is 33.1. The number of imide groups is 1. The van der Waals surface area contributed by atoms with E-state index in [-0.39, 0.29) is 29.6 Å². The first-order valence-corrected chi connectivity index (χ1v) is 7.51. The molecule has 114 valence electrons. The van der Waals surface area contributed by atoms with Crippen molar-refractivity contribution in [2.24, 2.45) is 0 Å². The summed E-state index contributed by atoms with van der Waals surface area (Å²) in [5, 5.41) is 12.3. The summed E-state index contributed by atoms with van der Waals surface area (Å²) in [6.07, 6.45) is 6.99. The van der Waals surface area contributed by atoms with E-state index in [1.807, 2.05) is 6.07 Å². The van der Waals surface area contributed by atoms with Gasteiger partial charge in [0.25, 0.3) is 0 Å². The normalized spacial score (nSPS) is 25.1. The van der Waals surface area contributed by atoms with E-state index in [1.165, 1.54) is 11.1 Å². The molecule has 0 radical (unpaired) electrons. The zero-order chi connectivity index (χ0) is 15.5. The Morgan fingerprint density at radius 2 is 1.73 bits per heavy atom. The average molecular weight is 299 g/mol. The lowest BCUT2D eigenvalue weighted by Crippen LogP contribution is -2.43. The smallest absolute Gasteiger partial charge is 0.229 e. The fourth-order valence-corrected chi connectivity index (χ4v) is 3.20. The summed E-state index contributed by atoms with van der Waals surface area (Å²) in [6, 6.07) is 2.23. The molecule has 2 amide bonds. The second-order valence-corrected chi connectivity index (χ2v) is 5.67. The van der Waals surface area contributed by atoms with Gasteiger partial charge in [-0.25, -0.2) is 9.97 Å². The molecule has 2 fully saturated rings. The van der Waals surface area contributed by atoms with Crippen LogP contribution in [0.2, 0.25) is 0 Å². The van der Waals surface area contributed by atoms with Gasteiger partial charge in [0, 0.05) is 37.3 Å². The molecule has 1 N–H and O–H groups in total. The number of carbonyl (C=O) groups is 2. The van der Waals surface area contributed by atoms with Gasteiger partial charge in [0.15, 0.2) is 11.5 Å². The van der Waals surface area contributed by atoms with Gasteiger partial charge >= 0.3 is 0 Å². The highest BCUT2D eigenvalue weighted by atomic mass is 16.2. The number of rotatable bonds is 3. The summed E-state index contributed by atoms with van der Waals surface area (Å²) in [5.74, 6) is 0.422. The Labute approximate surface area is 128 Å². The minimum Gasteiger partial charge on any atom is -0.365 e. The van der Waals surface area contributed by atoms with Gasteiger partial charge in [-0.15, -0.1) is 0 Å². The molecule has 1 aliphatic carbocycles.